The van der Waals surface area contributed by atoms with Crippen LogP contribution in [0.4, 0.5) is 0 Å². The van der Waals surface area contributed by atoms with Crippen molar-refractivity contribution in [3.63, 3.8) is 0 Å². The van der Waals surface area contributed by atoms with Crippen LogP contribution in [0.25, 0.3) is 0 Å². The van der Waals surface area contributed by atoms with Crippen LogP contribution in [-0.2, 0) is 9.53 Å². The number of carbonyl (C=O) groups is 1. The van der Waals surface area contributed by atoms with E-state index in [0.717, 1.165) is 25.9 Å². The maximum atomic E-state index is 11.0. The molecular weight excluding hydrogens is 178 g/mol. The van der Waals surface area contributed by atoms with Gasteiger partial charge in [0.15, 0.2) is 0 Å². The van der Waals surface area contributed by atoms with Crippen molar-refractivity contribution >= 4 is 5.97 Å². The molecule has 0 radical (unpaired) electrons. The zero-order valence-electron chi connectivity index (χ0n) is 9.27. The van der Waals surface area contributed by atoms with E-state index in [9.17, 15) is 4.79 Å². The average Bonchev–Trinajstić information content (AvgIpc) is 2.15. The standard InChI is InChI=1S/C11H21NO2/c1-3-12-9-11(14-10(2)13)7-5-4-6-8-11/h12H,3-9H2,1-2H3. The Morgan fingerprint density at radius 3 is 2.50 bits per heavy atom. The highest BCUT2D eigenvalue weighted by Crippen LogP contribution is 2.31. The van der Waals surface area contributed by atoms with Gasteiger partial charge < -0.3 is 10.1 Å². The van der Waals surface area contributed by atoms with Gasteiger partial charge in [-0.05, 0) is 32.2 Å². The number of ether oxygens (including phenoxy) is 1. The van der Waals surface area contributed by atoms with Crippen LogP contribution in [0.3, 0.4) is 0 Å². The van der Waals surface area contributed by atoms with Crippen LogP contribution < -0.4 is 5.32 Å². The molecule has 1 aliphatic carbocycles. The summed E-state index contributed by atoms with van der Waals surface area (Å²) in [6, 6.07) is 0. The van der Waals surface area contributed by atoms with Gasteiger partial charge >= 0.3 is 5.97 Å². The lowest BCUT2D eigenvalue weighted by atomic mass is 9.84. The second-order valence-corrected chi connectivity index (χ2v) is 4.12. The van der Waals surface area contributed by atoms with Crippen molar-refractivity contribution in [1.29, 1.82) is 0 Å². The summed E-state index contributed by atoms with van der Waals surface area (Å²) in [5.74, 6) is -0.148. The lowest BCUT2D eigenvalue weighted by Crippen LogP contribution is -2.45. The highest BCUT2D eigenvalue weighted by atomic mass is 16.6. The van der Waals surface area contributed by atoms with Gasteiger partial charge in [-0.25, -0.2) is 0 Å². The van der Waals surface area contributed by atoms with Gasteiger partial charge in [0.2, 0.25) is 0 Å². The molecule has 0 aromatic carbocycles. The lowest BCUT2D eigenvalue weighted by Gasteiger charge is -2.36. The maximum Gasteiger partial charge on any atom is 0.303 e. The molecule has 1 aliphatic rings. The van der Waals surface area contributed by atoms with E-state index in [2.05, 4.69) is 12.2 Å². The average molecular weight is 199 g/mol. The van der Waals surface area contributed by atoms with Crippen molar-refractivity contribution in [3.8, 4) is 0 Å². The van der Waals surface area contributed by atoms with Gasteiger partial charge in [-0.2, -0.15) is 0 Å². The van der Waals surface area contributed by atoms with Gasteiger partial charge in [0, 0.05) is 13.5 Å². The molecule has 3 heteroatoms. The molecule has 0 aliphatic heterocycles. The molecule has 0 bridgehead atoms. The number of rotatable bonds is 4. The fourth-order valence-electron chi connectivity index (χ4n) is 2.17. The smallest absolute Gasteiger partial charge is 0.303 e. The zero-order valence-corrected chi connectivity index (χ0v) is 9.27. The second kappa shape index (κ2) is 5.35. The summed E-state index contributed by atoms with van der Waals surface area (Å²) in [4.78, 5) is 11.0. The lowest BCUT2D eigenvalue weighted by molar-refractivity contribution is -0.160. The first-order chi connectivity index (χ1) is 6.68. The van der Waals surface area contributed by atoms with E-state index in [1.165, 1.54) is 26.2 Å². The molecular formula is C11H21NO2. The summed E-state index contributed by atoms with van der Waals surface area (Å²) < 4.78 is 5.48. The number of esters is 1. The molecule has 0 spiro atoms. The molecule has 1 rings (SSSR count). The van der Waals surface area contributed by atoms with Crippen molar-refractivity contribution in [2.75, 3.05) is 13.1 Å². The highest BCUT2D eigenvalue weighted by Gasteiger charge is 2.34. The van der Waals surface area contributed by atoms with Gasteiger partial charge in [0.1, 0.15) is 5.60 Å². The van der Waals surface area contributed by atoms with Crippen LogP contribution in [0.2, 0.25) is 0 Å². The van der Waals surface area contributed by atoms with E-state index in [-0.39, 0.29) is 11.6 Å². The Labute approximate surface area is 86.2 Å². The molecule has 0 amide bonds. The molecule has 0 aromatic rings. The van der Waals surface area contributed by atoms with Crippen LogP contribution in [0, 0.1) is 0 Å². The first-order valence-electron chi connectivity index (χ1n) is 5.59. The summed E-state index contributed by atoms with van der Waals surface area (Å²) in [6.45, 7) is 5.32. The number of nitrogens with one attached hydrogen (secondary N) is 1. The number of hydrogen-bond acceptors (Lipinski definition) is 3. The van der Waals surface area contributed by atoms with Crippen LogP contribution in [0.15, 0.2) is 0 Å². The van der Waals surface area contributed by atoms with Gasteiger partial charge in [-0.3, -0.25) is 4.79 Å². The number of likely N-dealkylation sites (N-methyl/N-ethyl adjacent to an activating group) is 1. The van der Waals surface area contributed by atoms with Crippen molar-refractivity contribution in [3.05, 3.63) is 0 Å². The zero-order chi connectivity index (χ0) is 10.4. The Hall–Kier alpha value is -0.570. The maximum absolute atomic E-state index is 11.0. The van der Waals surface area contributed by atoms with Gasteiger partial charge in [-0.1, -0.05) is 13.3 Å². The molecule has 3 nitrogen and oxygen atoms in total. The topological polar surface area (TPSA) is 38.3 Å². The number of carbonyl (C=O) groups excluding carboxylic acids is 1. The van der Waals surface area contributed by atoms with E-state index >= 15 is 0 Å². The monoisotopic (exact) mass is 199 g/mol. The first-order valence-corrected chi connectivity index (χ1v) is 5.59. The summed E-state index contributed by atoms with van der Waals surface area (Å²) in [5.41, 5.74) is -0.208. The molecule has 1 N–H and O–H groups in total. The van der Waals surface area contributed by atoms with E-state index in [1.54, 1.807) is 0 Å². The van der Waals surface area contributed by atoms with E-state index in [4.69, 9.17) is 4.74 Å². The van der Waals surface area contributed by atoms with E-state index in [0.29, 0.717) is 0 Å². The van der Waals surface area contributed by atoms with Crippen LogP contribution in [-0.4, -0.2) is 24.7 Å². The molecule has 0 saturated heterocycles. The Balaban J connectivity index is 2.52. The molecule has 82 valence electrons. The summed E-state index contributed by atoms with van der Waals surface area (Å²) in [7, 11) is 0. The van der Waals surface area contributed by atoms with Gasteiger partial charge in [0.05, 0.1) is 0 Å². The van der Waals surface area contributed by atoms with Crippen molar-refractivity contribution in [1.82, 2.24) is 5.32 Å². The predicted octanol–water partition coefficient (Wildman–Crippen LogP) is 1.86. The van der Waals surface area contributed by atoms with Crippen LogP contribution in [0.5, 0.6) is 0 Å². The molecule has 1 saturated carbocycles. The van der Waals surface area contributed by atoms with Crippen molar-refractivity contribution in [2.45, 2.75) is 51.6 Å². The summed E-state index contributed by atoms with van der Waals surface area (Å²) in [6.07, 6.45) is 5.66. The molecule has 14 heavy (non-hydrogen) atoms. The van der Waals surface area contributed by atoms with E-state index < -0.39 is 0 Å². The molecule has 0 aromatic heterocycles. The minimum atomic E-state index is -0.208. The second-order valence-electron chi connectivity index (χ2n) is 4.12. The molecule has 0 unspecified atom stereocenters. The van der Waals surface area contributed by atoms with Crippen molar-refractivity contribution < 1.29 is 9.53 Å². The Bertz CT molecular complexity index is 186. The highest BCUT2D eigenvalue weighted by molar-refractivity contribution is 5.66. The number of hydrogen-bond donors (Lipinski definition) is 1. The SMILES string of the molecule is CCNCC1(OC(C)=O)CCCCC1. The quantitative estimate of drug-likeness (QED) is 0.702. The summed E-state index contributed by atoms with van der Waals surface area (Å²) in [5, 5.41) is 3.29. The fraction of sp³-hybridized carbons (Fsp3) is 0.909. The minimum absolute atomic E-state index is 0.148. The van der Waals surface area contributed by atoms with Crippen molar-refractivity contribution in [2.24, 2.45) is 0 Å². The fourth-order valence-corrected chi connectivity index (χ4v) is 2.17. The minimum Gasteiger partial charge on any atom is -0.458 e. The largest absolute Gasteiger partial charge is 0.458 e. The Morgan fingerprint density at radius 1 is 1.36 bits per heavy atom. The van der Waals surface area contributed by atoms with Crippen LogP contribution in [0.1, 0.15) is 46.0 Å². The predicted molar refractivity (Wildman–Crippen MR) is 56.1 cm³/mol. The summed E-state index contributed by atoms with van der Waals surface area (Å²) >= 11 is 0. The Morgan fingerprint density at radius 2 is 2.00 bits per heavy atom. The third-order valence-corrected chi connectivity index (χ3v) is 2.82. The normalized spacial score (nSPS) is 20.4. The van der Waals surface area contributed by atoms with Crippen LogP contribution >= 0.6 is 0 Å². The van der Waals surface area contributed by atoms with Gasteiger partial charge in [-0.15, -0.1) is 0 Å². The Kier molecular flexibility index (Phi) is 4.39. The first kappa shape index (κ1) is 11.5. The third-order valence-electron chi connectivity index (χ3n) is 2.82. The third kappa shape index (κ3) is 3.29. The molecule has 0 atom stereocenters. The van der Waals surface area contributed by atoms with E-state index in [1.807, 2.05) is 0 Å². The van der Waals surface area contributed by atoms with Gasteiger partial charge in [0.25, 0.3) is 0 Å². The molecule has 0 heterocycles. The molecule has 1 fully saturated rings.